The Morgan fingerprint density at radius 2 is 1.85 bits per heavy atom. The second-order valence-corrected chi connectivity index (χ2v) is 8.52. The van der Waals surface area contributed by atoms with Crippen molar-refractivity contribution >= 4 is 62.5 Å². The molecule has 1 aliphatic rings. The first-order valence-electron chi connectivity index (χ1n) is 10.1. The molecule has 0 saturated heterocycles. The lowest BCUT2D eigenvalue weighted by molar-refractivity contribution is -0.118. The summed E-state index contributed by atoms with van der Waals surface area (Å²) in [6.07, 6.45) is 1.70. The van der Waals surface area contributed by atoms with Gasteiger partial charge in [0.1, 0.15) is 5.75 Å². The van der Waals surface area contributed by atoms with Gasteiger partial charge in [0.2, 0.25) is 0 Å². The van der Waals surface area contributed by atoms with E-state index < -0.39 is 0 Å². The fourth-order valence-corrected chi connectivity index (χ4v) is 3.85. The van der Waals surface area contributed by atoms with Gasteiger partial charge in [0.05, 0.1) is 22.0 Å². The number of ether oxygens (including phenoxy) is 1. The minimum absolute atomic E-state index is 0.181. The van der Waals surface area contributed by atoms with E-state index in [1.165, 1.54) is 5.01 Å². The van der Waals surface area contributed by atoms with Gasteiger partial charge in [-0.25, -0.2) is 0 Å². The van der Waals surface area contributed by atoms with Crippen LogP contribution in [0.2, 0.25) is 5.02 Å². The number of nitrogens with one attached hydrogen (secondary N) is 1. The highest BCUT2D eigenvalue weighted by atomic mass is 79.9. The third-order valence-electron chi connectivity index (χ3n) is 4.83. The number of hydrazone groups is 1. The largest absolute Gasteiger partial charge is 0.483 e. The molecule has 4 rings (SSSR count). The Kier molecular flexibility index (Phi) is 6.91. The summed E-state index contributed by atoms with van der Waals surface area (Å²) in [6, 6.07) is 21.5. The monoisotopic (exact) mass is 523 g/mol. The number of nitrogens with zero attached hydrogens (tertiary/aromatic N) is 2. The Labute approximate surface area is 204 Å². The molecular formula is C25H19BrClN3O3. The predicted molar refractivity (Wildman–Crippen MR) is 135 cm³/mol. The highest BCUT2D eigenvalue weighted by Crippen LogP contribution is 2.32. The third kappa shape index (κ3) is 5.32. The molecule has 0 atom stereocenters. The Balaban J connectivity index is 1.55. The van der Waals surface area contributed by atoms with Crippen molar-refractivity contribution in [3.63, 3.8) is 0 Å². The van der Waals surface area contributed by atoms with Gasteiger partial charge in [0.15, 0.2) is 6.61 Å². The van der Waals surface area contributed by atoms with Crippen LogP contribution in [0.25, 0.3) is 6.08 Å². The summed E-state index contributed by atoms with van der Waals surface area (Å²) in [7, 11) is 0. The summed E-state index contributed by atoms with van der Waals surface area (Å²) < 4.78 is 6.58. The van der Waals surface area contributed by atoms with Crippen molar-refractivity contribution in [1.82, 2.24) is 0 Å². The van der Waals surface area contributed by atoms with Crippen molar-refractivity contribution in [2.45, 2.75) is 6.92 Å². The van der Waals surface area contributed by atoms with Crippen LogP contribution >= 0.6 is 27.5 Å². The van der Waals surface area contributed by atoms with Crippen LogP contribution in [0.5, 0.6) is 5.75 Å². The maximum absolute atomic E-state index is 13.1. The van der Waals surface area contributed by atoms with Gasteiger partial charge >= 0.3 is 0 Å². The van der Waals surface area contributed by atoms with Crippen molar-refractivity contribution in [3.8, 4) is 5.75 Å². The standard InChI is InChI=1S/C25H19BrClN3O3/c1-16-20(25(32)30(29-16)22-10-6-5-9-21(22)27)14-17-13-18(26)11-12-23(17)33-15-24(31)28-19-7-3-2-4-8-19/h2-14H,15H2,1H3,(H,28,31)/b20-14+. The van der Waals surface area contributed by atoms with E-state index in [1.54, 1.807) is 61.5 Å². The second kappa shape index (κ2) is 10.0. The Morgan fingerprint density at radius 3 is 2.61 bits per heavy atom. The molecule has 1 N–H and O–H groups in total. The van der Waals surface area contributed by atoms with E-state index in [0.29, 0.717) is 39.0 Å². The number of benzene rings is 3. The zero-order valence-corrected chi connectivity index (χ0v) is 19.9. The zero-order chi connectivity index (χ0) is 23.4. The number of amides is 2. The van der Waals surface area contributed by atoms with Gasteiger partial charge in [-0.3, -0.25) is 9.59 Å². The molecule has 0 aromatic heterocycles. The first-order valence-corrected chi connectivity index (χ1v) is 11.2. The van der Waals surface area contributed by atoms with Crippen molar-refractivity contribution in [1.29, 1.82) is 0 Å². The molecule has 33 heavy (non-hydrogen) atoms. The second-order valence-electron chi connectivity index (χ2n) is 7.20. The van der Waals surface area contributed by atoms with E-state index in [0.717, 1.165) is 4.47 Å². The van der Waals surface area contributed by atoms with E-state index in [9.17, 15) is 9.59 Å². The van der Waals surface area contributed by atoms with Gasteiger partial charge in [-0.2, -0.15) is 10.1 Å². The molecule has 0 aliphatic carbocycles. The molecule has 0 spiro atoms. The van der Waals surface area contributed by atoms with E-state index >= 15 is 0 Å². The SMILES string of the molecule is CC1=NN(c2ccccc2Cl)C(=O)/C1=C/c1cc(Br)ccc1OCC(=O)Nc1ccccc1. The summed E-state index contributed by atoms with van der Waals surface area (Å²) in [5.74, 6) is -0.124. The minimum Gasteiger partial charge on any atom is -0.483 e. The molecule has 2 amide bonds. The van der Waals surface area contributed by atoms with Gasteiger partial charge in [-0.1, -0.05) is 57.9 Å². The van der Waals surface area contributed by atoms with Crippen molar-refractivity contribution < 1.29 is 14.3 Å². The maximum Gasteiger partial charge on any atom is 0.280 e. The first kappa shape index (κ1) is 22.8. The Hall–Kier alpha value is -3.42. The molecule has 166 valence electrons. The van der Waals surface area contributed by atoms with Crippen molar-refractivity contribution in [2.75, 3.05) is 16.9 Å². The molecule has 0 saturated carbocycles. The Bertz CT molecular complexity index is 1270. The highest BCUT2D eigenvalue weighted by molar-refractivity contribution is 9.10. The van der Waals surface area contributed by atoms with E-state index in [4.69, 9.17) is 16.3 Å². The molecule has 8 heteroatoms. The zero-order valence-electron chi connectivity index (χ0n) is 17.6. The van der Waals surface area contributed by atoms with E-state index in [1.807, 2.05) is 24.3 Å². The number of halogens is 2. The van der Waals surface area contributed by atoms with Crippen LogP contribution in [0.1, 0.15) is 12.5 Å². The van der Waals surface area contributed by atoms with Crippen LogP contribution < -0.4 is 15.1 Å². The lowest BCUT2D eigenvalue weighted by Gasteiger charge is -2.13. The van der Waals surface area contributed by atoms with Gasteiger partial charge in [0.25, 0.3) is 11.8 Å². The molecule has 1 aliphatic heterocycles. The predicted octanol–water partition coefficient (Wildman–Crippen LogP) is 5.93. The normalized spacial score (nSPS) is 14.4. The molecule has 6 nitrogen and oxygen atoms in total. The summed E-state index contributed by atoms with van der Waals surface area (Å²) in [5.41, 5.74) is 2.79. The summed E-state index contributed by atoms with van der Waals surface area (Å²) in [5, 5.41) is 8.88. The van der Waals surface area contributed by atoms with Gasteiger partial charge in [-0.05, 0) is 55.5 Å². The lowest BCUT2D eigenvalue weighted by atomic mass is 10.1. The van der Waals surface area contributed by atoms with Crippen molar-refractivity contribution in [3.05, 3.63) is 93.4 Å². The smallest absolute Gasteiger partial charge is 0.280 e. The van der Waals surface area contributed by atoms with Crippen LogP contribution in [0.3, 0.4) is 0 Å². The fraction of sp³-hybridized carbons (Fsp3) is 0.0800. The summed E-state index contributed by atoms with van der Waals surface area (Å²) >= 11 is 9.70. The van der Waals surface area contributed by atoms with Crippen LogP contribution in [-0.2, 0) is 9.59 Å². The van der Waals surface area contributed by atoms with Gasteiger partial charge in [-0.15, -0.1) is 0 Å². The molecule has 1 heterocycles. The summed E-state index contributed by atoms with van der Waals surface area (Å²) in [4.78, 5) is 25.4. The van der Waals surface area contributed by atoms with E-state index in [-0.39, 0.29) is 18.4 Å². The quantitative estimate of drug-likeness (QED) is 0.407. The molecule has 3 aromatic rings. The number of rotatable bonds is 6. The highest BCUT2D eigenvalue weighted by Gasteiger charge is 2.30. The van der Waals surface area contributed by atoms with Gasteiger partial charge in [0, 0.05) is 15.7 Å². The molecule has 3 aromatic carbocycles. The molecule has 0 bridgehead atoms. The van der Waals surface area contributed by atoms with Crippen molar-refractivity contribution in [2.24, 2.45) is 5.10 Å². The molecular weight excluding hydrogens is 506 g/mol. The number of hydrogen-bond donors (Lipinski definition) is 1. The van der Waals surface area contributed by atoms with E-state index in [2.05, 4.69) is 26.3 Å². The average molecular weight is 525 g/mol. The Morgan fingerprint density at radius 1 is 1.12 bits per heavy atom. The number of anilines is 2. The fourth-order valence-electron chi connectivity index (χ4n) is 3.25. The number of para-hydroxylation sites is 2. The van der Waals surface area contributed by atoms with Crippen LogP contribution in [0, 0.1) is 0 Å². The van der Waals surface area contributed by atoms with Crippen LogP contribution in [0.15, 0.2) is 87.9 Å². The number of carbonyl (C=O) groups is 2. The van der Waals surface area contributed by atoms with Crippen LogP contribution in [0.4, 0.5) is 11.4 Å². The maximum atomic E-state index is 13.1. The molecule has 0 unspecified atom stereocenters. The average Bonchev–Trinajstić information content (AvgIpc) is 3.08. The summed E-state index contributed by atoms with van der Waals surface area (Å²) in [6.45, 7) is 1.58. The lowest BCUT2D eigenvalue weighted by Crippen LogP contribution is -2.21. The molecule has 0 radical (unpaired) electrons. The molecule has 0 fully saturated rings. The number of carbonyl (C=O) groups excluding carboxylic acids is 2. The number of hydrogen-bond acceptors (Lipinski definition) is 4. The topological polar surface area (TPSA) is 71.0 Å². The minimum atomic E-state index is -0.298. The van der Waals surface area contributed by atoms with Gasteiger partial charge < -0.3 is 10.1 Å². The first-order chi connectivity index (χ1) is 15.9. The van der Waals surface area contributed by atoms with Crippen LogP contribution in [-0.4, -0.2) is 24.1 Å². The third-order valence-corrected chi connectivity index (χ3v) is 5.64.